The van der Waals surface area contributed by atoms with Crippen molar-refractivity contribution in [1.29, 1.82) is 0 Å². The maximum Gasteiger partial charge on any atom is 0.306 e. The Morgan fingerprint density at radius 3 is 1.98 bits per heavy atom. The van der Waals surface area contributed by atoms with Gasteiger partial charge in [0.15, 0.2) is 6.10 Å². The molecule has 0 bridgehead atoms. The Balaban J connectivity index is 2.46. The minimum atomic E-state index is -4.69. The third-order valence-electron chi connectivity index (χ3n) is 10.9. The van der Waals surface area contributed by atoms with E-state index in [0.29, 0.717) is 43.1 Å². The number of allylic oxidation sites excluding steroid dienone is 3. The first kappa shape index (κ1) is 55.1. The van der Waals surface area contributed by atoms with Crippen LogP contribution in [0, 0.1) is 11.8 Å². The average Bonchev–Trinajstić information content (AvgIpc) is 3.44. The van der Waals surface area contributed by atoms with E-state index in [-0.39, 0.29) is 44.2 Å². The number of aliphatic hydroxyl groups is 2. The van der Waals surface area contributed by atoms with Crippen LogP contribution in [0.15, 0.2) is 24.3 Å². The fraction of sp³-hybridized carbons (Fsp3) is 0.848. The highest BCUT2D eigenvalue weighted by molar-refractivity contribution is 7.45. The molecule has 0 aliphatic heterocycles. The van der Waals surface area contributed by atoms with Crippen LogP contribution in [-0.4, -0.2) is 98.2 Å². The molecule has 0 aromatic rings. The number of rotatable bonds is 38. The van der Waals surface area contributed by atoms with E-state index in [1.54, 1.807) is 12.2 Å². The minimum absolute atomic E-state index is 0.00104. The lowest BCUT2D eigenvalue weighted by molar-refractivity contribution is -0.870. The van der Waals surface area contributed by atoms with Gasteiger partial charge in [0.05, 0.1) is 40.0 Å². The first-order valence-electron chi connectivity index (χ1n) is 23.1. The zero-order valence-electron chi connectivity index (χ0n) is 37.7. The van der Waals surface area contributed by atoms with Crippen molar-refractivity contribution >= 4 is 25.5 Å². The van der Waals surface area contributed by atoms with E-state index < -0.39 is 50.6 Å². The van der Waals surface area contributed by atoms with Crippen LogP contribution in [-0.2, 0) is 37.5 Å². The Kier molecular flexibility index (Phi) is 31.4. The van der Waals surface area contributed by atoms with Crippen molar-refractivity contribution in [1.82, 2.24) is 0 Å². The number of hydrogen-bond donors (Lipinski definition) is 2. The number of carbonyl (C=O) groups excluding carboxylic acids is 3. The maximum absolute atomic E-state index is 12.8. The van der Waals surface area contributed by atoms with Crippen LogP contribution >= 0.6 is 7.82 Å². The van der Waals surface area contributed by atoms with Crippen molar-refractivity contribution in [2.75, 3.05) is 47.5 Å². The summed E-state index contributed by atoms with van der Waals surface area (Å²) in [5.41, 5.74) is 0. The summed E-state index contributed by atoms with van der Waals surface area (Å²) in [4.78, 5) is 50.3. The molecular weight excluding hydrogens is 773 g/mol. The highest BCUT2D eigenvalue weighted by Gasteiger charge is 2.39. The normalized spacial score (nSPS) is 19.4. The van der Waals surface area contributed by atoms with E-state index in [1.165, 1.54) is 51.4 Å². The molecule has 13 heteroatoms. The fourth-order valence-corrected chi connectivity index (χ4v) is 7.87. The molecule has 2 N–H and O–H groups in total. The number of Topliss-reactive ketones (excluding diaryl/α,β-unsaturated/α-hetero) is 1. The molecule has 0 spiro atoms. The summed E-state index contributed by atoms with van der Waals surface area (Å²) >= 11 is 0. The molecule has 0 aromatic carbocycles. The number of aliphatic hydroxyl groups excluding tert-OH is 2. The van der Waals surface area contributed by atoms with Crippen molar-refractivity contribution in [3.63, 3.8) is 0 Å². The monoisotopic (exact) mass is 858 g/mol. The number of ketones is 1. The predicted octanol–water partition coefficient (Wildman–Crippen LogP) is 9.09. The molecular formula is C46H84NO11P. The number of phosphoric acid groups is 1. The Morgan fingerprint density at radius 2 is 1.36 bits per heavy atom. The van der Waals surface area contributed by atoms with E-state index in [4.69, 9.17) is 18.5 Å². The number of phosphoric ester groups is 1. The molecule has 6 atom stereocenters. The lowest BCUT2D eigenvalue weighted by Gasteiger charge is -2.28. The molecule has 0 radical (unpaired) electrons. The van der Waals surface area contributed by atoms with Crippen molar-refractivity contribution < 1.29 is 57.1 Å². The Bertz CT molecular complexity index is 1220. The molecule has 1 saturated carbocycles. The van der Waals surface area contributed by atoms with Gasteiger partial charge in [-0.3, -0.25) is 18.9 Å². The van der Waals surface area contributed by atoms with Gasteiger partial charge in [0.25, 0.3) is 7.82 Å². The zero-order valence-corrected chi connectivity index (χ0v) is 38.6. The van der Waals surface area contributed by atoms with Crippen LogP contribution < -0.4 is 4.89 Å². The van der Waals surface area contributed by atoms with E-state index in [9.17, 15) is 34.1 Å². The number of nitrogens with zero attached hydrogens (tertiary/aromatic N) is 1. The highest BCUT2D eigenvalue weighted by Crippen LogP contribution is 2.38. The molecule has 12 nitrogen and oxygen atoms in total. The third-order valence-corrected chi connectivity index (χ3v) is 11.8. The molecule has 0 heterocycles. The van der Waals surface area contributed by atoms with Crippen molar-refractivity contribution in [2.45, 2.75) is 193 Å². The van der Waals surface area contributed by atoms with Gasteiger partial charge in [-0.05, 0) is 57.3 Å². The summed E-state index contributed by atoms with van der Waals surface area (Å²) in [7, 11) is 1.02. The van der Waals surface area contributed by atoms with Gasteiger partial charge < -0.3 is 38.1 Å². The quantitative estimate of drug-likeness (QED) is 0.0200. The molecule has 1 unspecified atom stereocenters. The zero-order chi connectivity index (χ0) is 43.8. The minimum Gasteiger partial charge on any atom is -0.756 e. The third kappa shape index (κ3) is 30.7. The van der Waals surface area contributed by atoms with Gasteiger partial charge in [-0.25, -0.2) is 0 Å². The molecule has 1 aliphatic carbocycles. The summed E-state index contributed by atoms with van der Waals surface area (Å²) < 4.78 is 33.9. The predicted molar refractivity (Wildman–Crippen MR) is 232 cm³/mol. The smallest absolute Gasteiger partial charge is 0.306 e. The van der Waals surface area contributed by atoms with Crippen LogP contribution in [0.25, 0.3) is 0 Å². The van der Waals surface area contributed by atoms with E-state index in [0.717, 1.165) is 57.8 Å². The summed E-state index contributed by atoms with van der Waals surface area (Å²) in [6, 6.07) is 0. The first-order valence-corrected chi connectivity index (χ1v) is 24.6. The van der Waals surface area contributed by atoms with E-state index in [2.05, 4.69) is 26.0 Å². The summed E-state index contributed by atoms with van der Waals surface area (Å²) in [5, 5.41) is 20.8. The van der Waals surface area contributed by atoms with Crippen LogP contribution in [0.3, 0.4) is 0 Å². The summed E-state index contributed by atoms with van der Waals surface area (Å²) in [6.45, 7) is 3.83. The standard InChI is InChI=1S/C46H84NO11P/c1-6-8-10-11-12-13-14-15-16-17-18-19-20-21-26-30-45(51)55-37-40(38-57-59(53,54)56-35-34-47(3,4)5)58-46(52)31-27-23-22-25-29-41-42(44(50)36-43(41)49)33-32-39(48)28-24-9-7-2/h13-14,32-33,39-43,48-49H,6-12,15-31,34-38H2,1-5H3/b14-13-,33-32+/t39-,40+,41+,42+,43-/m0/s1. The molecule has 0 amide bonds. The second-order valence-electron chi connectivity index (χ2n) is 17.5. The van der Waals surface area contributed by atoms with Gasteiger partial charge >= 0.3 is 11.9 Å². The Morgan fingerprint density at radius 1 is 0.797 bits per heavy atom. The van der Waals surface area contributed by atoms with Gasteiger partial charge in [0.2, 0.25) is 0 Å². The van der Waals surface area contributed by atoms with E-state index in [1.807, 2.05) is 21.1 Å². The Hall–Kier alpha value is -1.92. The van der Waals surface area contributed by atoms with Crippen LogP contribution in [0.5, 0.6) is 0 Å². The van der Waals surface area contributed by atoms with Crippen molar-refractivity contribution in [3.8, 4) is 0 Å². The van der Waals surface area contributed by atoms with Crippen molar-refractivity contribution in [3.05, 3.63) is 24.3 Å². The number of likely N-dealkylation sites (N-methyl/N-ethyl adjacent to an activating group) is 1. The summed E-state index contributed by atoms with van der Waals surface area (Å²) in [5.74, 6) is -1.59. The lowest BCUT2D eigenvalue weighted by Crippen LogP contribution is -2.37. The molecule has 59 heavy (non-hydrogen) atoms. The summed E-state index contributed by atoms with van der Waals surface area (Å²) in [6.07, 6.45) is 28.2. The number of quaternary nitrogens is 1. The van der Waals surface area contributed by atoms with Gasteiger partial charge in [0.1, 0.15) is 25.5 Å². The molecule has 1 fully saturated rings. The van der Waals surface area contributed by atoms with Crippen LogP contribution in [0.2, 0.25) is 0 Å². The van der Waals surface area contributed by atoms with Gasteiger partial charge in [-0.1, -0.05) is 128 Å². The largest absolute Gasteiger partial charge is 0.756 e. The van der Waals surface area contributed by atoms with Gasteiger partial charge in [-0.2, -0.15) is 0 Å². The number of carbonyl (C=O) groups is 3. The number of esters is 2. The van der Waals surface area contributed by atoms with Crippen molar-refractivity contribution in [2.24, 2.45) is 11.8 Å². The maximum atomic E-state index is 12.8. The Labute approximate surface area is 358 Å². The molecule has 344 valence electrons. The molecule has 1 aliphatic rings. The lowest BCUT2D eigenvalue weighted by atomic mass is 9.88. The van der Waals surface area contributed by atoms with Crippen LogP contribution in [0.1, 0.15) is 174 Å². The molecule has 0 saturated heterocycles. The number of hydrogen-bond acceptors (Lipinski definition) is 11. The van der Waals surface area contributed by atoms with Crippen LogP contribution in [0.4, 0.5) is 0 Å². The average molecular weight is 858 g/mol. The highest BCUT2D eigenvalue weighted by atomic mass is 31.2. The number of ether oxygens (including phenoxy) is 2. The topological polar surface area (TPSA) is 169 Å². The van der Waals surface area contributed by atoms with Gasteiger partial charge in [0, 0.05) is 25.2 Å². The van der Waals surface area contributed by atoms with Gasteiger partial charge in [-0.15, -0.1) is 0 Å². The SMILES string of the molecule is CCCCCC/C=C\CCCCCCCCCC(=O)OC[C@H](COP(=O)([O-])OCC[N+](C)(C)C)OC(=O)CCCCCC[C@H]1[C@@H](O)CC(=O)[C@@H]1/C=C/[C@@H](O)CCCCC. The number of unbranched alkanes of at least 4 members (excludes halogenated alkanes) is 16. The first-order chi connectivity index (χ1) is 28.2. The second kappa shape index (κ2) is 33.7. The fourth-order valence-electron chi connectivity index (χ4n) is 7.14. The molecule has 0 aromatic heterocycles. The second-order valence-corrected chi connectivity index (χ2v) is 19.0. The molecule has 1 rings (SSSR count). The van der Waals surface area contributed by atoms with E-state index >= 15 is 0 Å².